The van der Waals surface area contributed by atoms with Crippen molar-refractivity contribution in [1.29, 1.82) is 0 Å². The van der Waals surface area contributed by atoms with Crippen molar-refractivity contribution >= 4 is 69.2 Å². The zero-order valence-electron chi connectivity index (χ0n) is 13.6. The molecule has 23 heavy (non-hydrogen) atoms. The molecule has 1 aromatic rings. The van der Waals surface area contributed by atoms with Gasteiger partial charge in [-0.3, -0.25) is 9.79 Å². The Bertz CT molecular complexity index is 528. The van der Waals surface area contributed by atoms with E-state index < -0.39 is 0 Å². The minimum atomic E-state index is -0.0201. The van der Waals surface area contributed by atoms with Gasteiger partial charge in [0.05, 0.1) is 0 Å². The van der Waals surface area contributed by atoms with Crippen molar-refractivity contribution < 1.29 is 4.79 Å². The van der Waals surface area contributed by atoms with Crippen LogP contribution in [0.4, 0.5) is 5.69 Å². The third kappa shape index (κ3) is 9.41. The van der Waals surface area contributed by atoms with E-state index >= 15 is 0 Å². The van der Waals surface area contributed by atoms with Crippen LogP contribution in [0, 0.1) is 6.92 Å². The molecule has 3 N–H and O–H groups in total. The fourth-order valence-corrected chi connectivity index (χ4v) is 2.40. The SMILES string of the molecule is CN=C(NCCSC)NCCC(=O)Nc1cc(Br)ccc1C.I. The van der Waals surface area contributed by atoms with Crippen LogP contribution in [0.3, 0.4) is 0 Å². The average molecular weight is 515 g/mol. The van der Waals surface area contributed by atoms with E-state index in [1.54, 1.807) is 18.8 Å². The third-order valence-electron chi connectivity index (χ3n) is 2.94. The lowest BCUT2D eigenvalue weighted by atomic mass is 10.2. The lowest BCUT2D eigenvalue weighted by molar-refractivity contribution is -0.116. The molecule has 0 aliphatic carbocycles. The fraction of sp³-hybridized carbons (Fsp3) is 0.467. The van der Waals surface area contributed by atoms with Crippen LogP contribution in [0.25, 0.3) is 0 Å². The Morgan fingerprint density at radius 3 is 2.65 bits per heavy atom. The molecular weight excluding hydrogens is 491 g/mol. The first-order chi connectivity index (χ1) is 10.6. The van der Waals surface area contributed by atoms with Crippen molar-refractivity contribution in [3.8, 4) is 0 Å². The van der Waals surface area contributed by atoms with Crippen molar-refractivity contribution in [2.24, 2.45) is 4.99 Å². The summed E-state index contributed by atoms with van der Waals surface area (Å²) in [6, 6.07) is 5.83. The van der Waals surface area contributed by atoms with Gasteiger partial charge in [-0.05, 0) is 30.9 Å². The van der Waals surface area contributed by atoms with E-state index in [2.05, 4.69) is 43.1 Å². The third-order valence-corrected chi connectivity index (χ3v) is 4.05. The highest BCUT2D eigenvalue weighted by Crippen LogP contribution is 2.20. The van der Waals surface area contributed by atoms with Gasteiger partial charge in [0, 0.05) is 42.5 Å². The second kappa shape index (κ2) is 12.9. The van der Waals surface area contributed by atoms with Gasteiger partial charge in [-0.2, -0.15) is 11.8 Å². The summed E-state index contributed by atoms with van der Waals surface area (Å²) in [5.41, 5.74) is 1.88. The lowest BCUT2D eigenvalue weighted by Crippen LogP contribution is -2.39. The number of aliphatic imine (C=N–C) groups is 1. The highest BCUT2D eigenvalue weighted by atomic mass is 127. The van der Waals surface area contributed by atoms with Crippen molar-refractivity contribution in [2.45, 2.75) is 13.3 Å². The van der Waals surface area contributed by atoms with Crippen molar-refractivity contribution in [3.05, 3.63) is 28.2 Å². The quantitative estimate of drug-likeness (QED) is 0.226. The second-order valence-corrected chi connectivity index (χ2v) is 6.58. The monoisotopic (exact) mass is 514 g/mol. The van der Waals surface area contributed by atoms with Gasteiger partial charge in [0.25, 0.3) is 0 Å². The summed E-state index contributed by atoms with van der Waals surface area (Å²) in [7, 11) is 1.72. The Morgan fingerprint density at radius 1 is 1.30 bits per heavy atom. The molecule has 8 heteroatoms. The number of thioether (sulfide) groups is 1. The van der Waals surface area contributed by atoms with Crippen LogP contribution in [0.15, 0.2) is 27.7 Å². The maximum atomic E-state index is 12.0. The van der Waals surface area contributed by atoms with Crippen molar-refractivity contribution in [3.63, 3.8) is 0 Å². The molecule has 0 fully saturated rings. The van der Waals surface area contributed by atoms with E-state index in [1.807, 2.05) is 25.1 Å². The van der Waals surface area contributed by atoms with E-state index in [1.165, 1.54) is 0 Å². The van der Waals surface area contributed by atoms with E-state index in [9.17, 15) is 4.79 Å². The fourth-order valence-electron chi connectivity index (χ4n) is 1.73. The molecule has 0 heterocycles. The van der Waals surface area contributed by atoms with Gasteiger partial charge < -0.3 is 16.0 Å². The summed E-state index contributed by atoms with van der Waals surface area (Å²) in [5.74, 6) is 1.72. The minimum Gasteiger partial charge on any atom is -0.356 e. The number of guanidine groups is 1. The summed E-state index contributed by atoms with van der Waals surface area (Å²) < 4.78 is 0.949. The summed E-state index contributed by atoms with van der Waals surface area (Å²) in [4.78, 5) is 16.1. The standard InChI is InChI=1S/C15H23BrN4OS.HI/c1-11-4-5-12(16)10-13(11)20-14(21)6-7-18-15(17-2)19-8-9-22-3;/h4-5,10H,6-9H2,1-3H3,(H,20,21)(H2,17,18,19);1H. The molecule has 0 spiro atoms. The Balaban J connectivity index is 0.00000484. The number of halogens is 2. The Labute approximate surface area is 168 Å². The molecule has 0 atom stereocenters. The highest BCUT2D eigenvalue weighted by molar-refractivity contribution is 14.0. The van der Waals surface area contributed by atoms with Gasteiger partial charge in [0.15, 0.2) is 5.96 Å². The number of nitrogens with one attached hydrogen (secondary N) is 3. The Kier molecular flexibility index (Phi) is 12.6. The molecule has 0 aliphatic heterocycles. The second-order valence-electron chi connectivity index (χ2n) is 4.68. The number of carbonyl (C=O) groups is 1. The number of nitrogens with zero attached hydrogens (tertiary/aromatic N) is 1. The predicted octanol–water partition coefficient (Wildman–Crippen LogP) is 3.23. The van der Waals surface area contributed by atoms with Crippen molar-refractivity contribution in [1.82, 2.24) is 10.6 Å². The number of anilines is 1. The predicted molar refractivity (Wildman–Crippen MR) is 115 cm³/mol. The Hall–Kier alpha value is -0.480. The van der Waals surface area contributed by atoms with Crippen molar-refractivity contribution in [2.75, 3.05) is 37.5 Å². The number of hydrogen-bond acceptors (Lipinski definition) is 3. The van der Waals surface area contributed by atoms with E-state index in [-0.39, 0.29) is 29.9 Å². The highest BCUT2D eigenvalue weighted by Gasteiger charge is 2.06. The van der Waals surface area contributed by atoms with Gasteiger partial charge in [0.1, 0.15) is 0 Å². The van der Waals surface area contributed by atoms with Crippen LogP contribution in [0.1, 0.15) is 12.0 Å². The summed E-state index contributed by atoms with van der Waals surface area (Å²) in [5, 5.41) is 9.24. The molecule has 1 aromatic carbocycles. The van der Waals surface area contributed by atoms with Crippen LogP contribution in [-0.2, 0) is 4.79 Å². The average Bonchev–Trinajstić information content (AvgIpc) is 2.49. The number of carbonyl (C=O) groups excluding carboxylic acids is 1. The van der Waals surface area contributed by atoms with Crippen LogP contribution in [-0.4, -0.2) is 44.0 Å². The number of aryl methyl sites for hydroxylation is 1. The van der Waals surface area contributed by atoms with Gasteiger partial charge >= 0.3 is 0 Å². The van der Waals surface area contributed by atoms with Gasteiger partial charge in [-0.25, -0.2) is 0 Å². The first-order valence-corrected chi connectivity index (χ1v) is 9.25. The molecule has 0 unspecified atom stereocenters. The summed E-state index contributed by atoms with van der Waals surface area (Å²) >= 11 is 5.18. The van der Waals surface area contributed by atoms with Crippen LogP contribution in [0.5, 0.6) is 0 Å². The molecular formula is C15H24BrIN4OS. The number of hydrogen-bond donors (Lipinski definition) is 3. The molecule has 0 aliphatic rings. The van der Waals surface area contributed by atoms with E-state index in [0.29, 0.717) is 13.0 Å². The molecule has 5 nitrogen and oxygen atoms in total. The molecule has 0 saturated carbocycles. The van der Waals surface area contributed by atoms with Crippen LogP contribution < -0.4 is 16.0 Å². The van der Waals surface area contributed by atoms with Gasteiger partial charge in [-0.15, -0.1) is 24.0 Å². The number of rotatable bonds is 7. The minimum absolute atomic E-state index is 0. The lowest BCUT2D eigenvalue weighted by Gasteiger charge is -2.12. The van der Waals surface area contributed by atoms with E-state index in [0.717, 1.165) is 34.0 Å². The van der Waals surface area contributed by atoms with Crippen LogP contribution in [0.2, 0.25) is 0 Å². The molecule has 130 valence electrons. The number of amides is 1. The maximum Gasteiger partial charge on any atom is 0.226 e. The van der Waals surface area contributed by atoms with Gasteiger partial charge in [-0.1, -0.05) is 22.0 Å². The van der Waals surface area contributed by atoms with E-state index in [4.69, 9.17) is 0 Å². The molecule has 0 aromatic heterocycles. The topological polar surface area (TPSA) is 65.5 Å². The summed E-state index contributed by atoms with van der Waals surface area (Å²) in [6.45, 7) is 3.36. The first-order valence-electron chi connectivity index (χ1n) is 7.06. The molecule has 0 bridgehead atoms. The maximum absolute atomic E-state index is 12.0. The molecule has 1 amide bonds. The molecule has 0 radical (unpaired) electrons. The Morgan fingerprint density at radius 2 is 2.00 bits per heavy atom. The molecule has 0 saturated heterocycles. The first kappa shape index (κ1) is 22.5. The smallest absolute Gasteiger partial charge is 0.226 e. The largest absolute Gasteiger partial charge is 0.356 e. The summed E-state index contributed by atoms with van der Waals surface area (Å²) in [6.07, 6.45) is 2.45. The van der Waals surface area contributed by atoms with Crippen LogP contribution >= 0.6 is 51.7 Å². The van der Waals surface area contributed by atoms with Gasteiger partial charge in [0.2, 0.25) is 5.91 Å². The zero-order chi connectivity index (χ0) is 16.4. The molecule has 1 rings (SSSR count). The normalized spacial score (nSPS) is 10.7. The zero-order valence-corrected chi connectivity index (χ0v) is 18.3. The number of benzene rings is 1.